The molecule has 106 valence electrons. The Kier molecular flexibility index (Phi) is 3.06. The average molecular weight is 275 g/mol. The van der Waals surface area contributed by atoms with Gasteiger partial charge in [-0.2, -0.15) is 5.10 Å². The normalized spacial score (nSPS) is 19.5. The number of carbonyl (C=O) groups is 1. The van der Waals surface area contributed by atoms with Crippen LogP contribution in [0.15, 0.2) is 12.4 Å². The minimum atomic E-state index is -0.975. The Balaban J connectivity index is 2.19. The fraction of sp³-hybridized carbons (Fsp3) is 0.462. The van der Waals surface area contributed by atoms with E-state index in [1.807, 2.05) is 4.90 Å². The molecule has 20 heavy (non-hydrogen) atoms. The molecule has 0 bridgehead atoms. The fourth-order valence-corrected chi connectivity index (χ4v) is 2.79. The Labute approximate surface area is 116 Å². The molecule has 7 nitrogen and oxygen atoms in total. The molecule has 3 rings (SSSR count). The van der Waals surface area contributed by atoms with Crippen LogP contribution in [0.5, 0.6) is 0 Å². The highest BCUT2D eigenvalue weighted by Gasteiger charge is 2.25. The highest BCUT2D eigenvalue weighted by molar-refractivity contribution is 6.03. The van der Waals surface area contributed by atoms with Gasteiger partial charge in [0.1, 0.15) is 5.56 Å². The summed E-state index contributed by atoms with van der Waals surface area (Å²) in [4.78, 5) is 17.7. The molecule has 2 aromatic heterocycles. The molecule has 7 heteroatoms. The van der Waals surface area contributed by atoms with Gasteiger partial charge >= 0.3 is 5.97 Å². The standard InChI is InChI=1S/C13H17N5O2/c1-17-12-9(6-16-17)11(10(5-15-12)13(19)20)18-4-2-3-8(14)7-18/h5-6,8H,2-4,7,14H2,1H3,(H,19,20). The van der Waals surface area contributed by atoms with Crippen molar-refractivity contribution in [3.63, 3.8) is 0 Å². The molecule has 1 aliphatic heterocycles. The first-order valence-electron chi connectivity index (χ1n) is 6.62. The van der Waals surface area contributed by atoms with E-state index in [0.717, 1.165) is 24.8 Å². The predicted octanol–water partition coefficient (Wildman–Crippen LogP) is 0.594. The molecule has 1 saturated heterocycles. The van der Waals surface area contributed by atoms with E-state index in [-0.39, 0.29) is 11.6 Å². The zero-order valence-corrected chi connectivity index (χ0v) is 11.3. The number of aryl methyl sites for hydroxylation is 1. The Morgan fingerprint density at radius 1 is 1.50 bits per heavy atom. The van der Waals surface area contributed by atoms with Crippen LogP contribution in [0.3, 0.4) is 0 Å². The van der Waals surface area contributed by atoms with Gasteiger partial charge in [0, 0.05) is 32.4 Å². The van der Waals surface area contributed by atoms with E-state index in [2.05, 4.69) is 10.1 Å². The van der Waals surface area contributed by atoms with Crippen LogP contribution in [0.4, 0.5) is 5.69 Å². The Morgan fingerprint density at radius 2 is 2.30 bits per heavy atom. The van der Waals surface area contributed by atoms with Crippen molar-refractivity contribution in [3.8, 4) is 0 Å². The Morgan fingerprint density at radius 3 is 3.00 bits per heavy atom. The minimum absolute atomic E-state index is 0.0743. The quantitative estimate of drug-likeness (QED) is 0.832. The summed E-state index contributed by atoms with van der Waals surface area (Å²) in [5.41, 5.74) is 7.59. The van der Waals surface area contributed by atoms with Gasteiger partial charge in [0.25, 0.3) is 0 Å². The van der Waals surface area contributed by atoms with E-state index in [1.54, 1.807) is 17.9 Å². The molecule has 0 saturated carbocycles. The number of piperidine rings is 1. The van der Waals surface area contributed by atoms with Crippen molar-refractivity contribution in [1.82, 2.24) is 14.8 Å². The summed E-state index contributed by atoms with van der Waals surface area (Å²) in [5.74, 6) is -0.975. The molecule has 3 N–H and O–H groups in total. The number of anilines is 1. The fourth-order valence-electron chi connectivity index (χ4n) is 2.79. The largest absolute Gasteiger partial charge is 0.478 e. The molecular weight excluding hydrogens is 258 g/mol. The van der Waals surface area contributed by atoms with Gasteiger partial charge in [0.05, 0.1) is 17.3 Å². The van der Waals surface area contributed by atoms with Crippen LogP contribution in [0.25, 0.3) is 11.0 Å². The maximum Gasteiger partial charge on any atom is 0.339 e. The van der Waals surface area contributed by atoms with E-state index in [0.29, 0.717) is 17.9 Å². The zero-order chi connectivity index (χ0) is 14.3. The van der Waals surface area contributed by atoms with E-state index in [4.69, 9.17) is 5.73 Å². The van der Waals surface area contributed by atoms with Gasteiger partial charge in [0.15, 0.2) is 5.65 Å². The van der Waals surface area contributed by atoms with Crippen molar-refractivity contribution in [1.29, 1.82) is 0 Å². The highest BCUT2D eigenvalue weighted by atomic mass is 16.4. The number of hydrogen-bond donors (Lipinski definition) is 2. The number of nitrogens with zero attached hydrogens (tertiary/aromatic N) is 4. The third-order valence-electron chi connectivity index (χ3n) is 3.74. The van der Waals surface area contributed by atoms with Crippen molar-refractivity contribution in [2.24, 2.45) is 12.8 Å². The van der Waals surface area contributed by atoms with Crippen molar-refractivity contribution < 1.29 is 9.90 Å². The van der Waals surface area contributed by atoms with Gasteiger partial charge in [-0.15, -0.1) is 0 Å². The molecule has 0 aromatic carbocycles. The maximum atomic E-state index is 11.5. The van der Waals surface area contributed by atoms with Crippen LogP contribution in [0.1, 0.15) is 23.2 Å². The summed E-state index contributed by atoms with van der Waals surface area (Å²) in [6, 6.07) is 0.0743. The number of nitrogens with two attached hydrogens (primary N) is 1. The average Bonchev–Trinajstić information content (AvgIpc) is 2.79. The molecule has 2 aromatic rings. The first-order chi connectivity index (χ1) is 9.58. The second-order valence-corrected chi connectivity index (χ2v) is 5.18. The molecule has 1 fully saturated rings. The Bertz CT molecular complexity index is 666. The van der Waals surface area contributed by atoms with Gasteiger partial charge in [-0.3, -0.25) is 4.68 Å². The second-order valence-electron chi connectivity index (χ2n) is 5.18. The molecule has 1 unspecified atom stereocenters. The van der Waals surface area contributed by atoms with E-state index < -0.39 is 5.97 Å². The summed E-state index contributed by atoms with van der Waals surface area (Å²) >= 11 is 0. The molecule has 1 aliphatic rings. The molecule has 3 heterocycles. The third-order valence-corrected chi connectivity index (χ3v) is 3.74. The highest BCUT2D eigenvalue weighted by Crippen LogP contribution is 2.31. The number of pyridine rings is 1. The van der Waals surface area contributed by atoms with Crippen LogP contribution < -0.4 is 10.6 Å². The van der Waals surface area contributed by atoms with E-state index in [9.17, 15) is 9.90 Å². The number of rotatable bonds is 2. The number of carboxylic acids is 1. The van der Waals surface area contributed by atoms with Gasteiger partial charge in [-0.25, -0.2) is 9.78 Å². The van der Waals surface area contributed by atoms with Crippen molar-refractivity contribution in [3.05, 3.63) is 18.0 Å². The van der Waals surface area contributed by atoms with Crippen molar-refractivity contribution >= 4 is 22.7 Å². The number of hydrogen-bond acceptors (Lipinski definition) is 5. The molecular formula is C13H17N5O2. The van der Waals surface area contributed by atoms with Crippen molar-refractivity contribution in [2.45, 2.75) is 18.9 Å². The predicted molar refractivity (Wildman–Crippen MR) is 74.9 cm³/mol. The lowest BCUT2D eigenvalue weighted by Gasteiger charge is -2.33. The number of carboxylic acid groups (broad SMARTS) is 1. The third kappa shape index (κ3) is 2.00. The maximum absolute atomic E-state index is 11.5. The summed E-state index contributed by atoms with van der Waals surface area (Å²) in [6.45, 7) is 1.47. The molecule has 0 spiro atoms. The van der Waals surface area contributed by atoms with Gasteiger partial charge in [0.2, 0.25) is 0 Å². The van der Waals surface area contributed by atoms with Crippen LogP contribution in [0, 0.1) is 0 Å². The Hall–Kier alpha value is -2.15. The molecule has 0 radical (unpaired) electrons. The summed E-state index contributed by atoms with van der Waals surface area (Å²) < 4.78 is 1.65. The first-order valence-corrected chi connectivity index (χ1v) is 6.62. The number of aromatic nitrogens is 3. The lowest BCUT2D eigenvalue weighted by Crippen LogP contribution is -2.43. The van der Waals surface area contributed by atoms with E-state index >= 15 is 0 Å². The number of fused-ring (bicyclic) bond motifs is 1. The topological polar surface area (TPSA) is 97.3 Å². The summed E-state index contributed by atoms with van der Waals surface area (Å²) in [6.07, 6.45) is 5.01. The monoisotopic (exact) mass is 275 g/mol. The van der Waals surface area contributed by atoms with Gasteiger partial charge in [-0.05, 0) is 12.8 Å². The lowest BCUT2D eigenvalue weighted by molar-refractivity contribution is 0.0697. The molecule has 1 atom stereocenters. The first kappa shape index (κ1) is 12.9. The van der Waals surface area contributed by atoms with Crippen LogP contribution in [-0.4, -0.2) is 45.0 Å². The van der Waals surface area contributed by atoms with Crippen molar-refractivity contribution in [2.75, 3.05) is 18.0 Å². The summed E-state index contributed by atoms with van der Waals surface area (Å²) in [7, 11) is 1.79. The van der Waals surface area contributed by atoms with Crippen LogP contribution >= 0.6 is 0 Å². The molecule has 0 amide bonds. The number of aromatic carboxylic acids is 1. The molecule has 0 aliphatic carbocycles. The van der Waals surface area contributed by atoms with Gasteiger partial charge < -0.3 is 15.7 Å². The van der Waals surface area contributed by atoms with E-state index in [1.165, 1.54) is 6.20 Å². The van der Waals surface area contributed by atoms with Crippen LogP contribution in [0.2, 0.25) is 0 Å². The van der Waals surface area contributed by atoms with Crippen LogP contribution in [-0.2, 0) is 7.05 Å². The zero-order valence-electron chi connectivity index (χ0n) is 11.3. The van der Waals surface area contributed by atoms with Gasteiger partial charge in [-0.1, -0.05) is 0 Å². The smallest absolute Gasteiger partial charge is 0.339 e. The lowest BCUT2D eigenvalue weighted by atomic mass is 10.0. The second kappa shape index (κ2) is 4.75. The SMILES string of the molecule is Cn1ncc2c(N3CCCC(N)C3)c(C(=O)O)cnc21. The summed E-state index contributed by atoms with van der Waals surface area (Å²) in [5, 5.41) is 14.3. The minimum Gasteiger partial charge on any atom is -0.478 e.